The lowest BCUT2D eigenvalue weighted by Gasteiger charge is -2.07. The Morgan fingerprint density at radius 3 is 2.00 bits per heavy atom. The first-order valence-electron chi connectivity index (χ1n) is 2.12. The number of hydroxylamine groups is 1. The Morgan fingerprint density at radius 1 is 1.38 bits per heavy atom. The van der Waals surface area contributed by atoms with Crippen LogP contribution >= 0.6 is 12.4 Å². The number of rotatable bonds is 3. The standard InChI is InChI=1S/C4H11NO2.ClH/c1-4(6-2)5-7-3;/h4-5H,1-3H3;1H. The highest BCUT2D eigenvalue weighted by Crippen LogP contribution is 1.76. The van der Waals surface area contributed by atoms with Crippen LogP contribution in [0.15, 0.2) is 0 Å². The van der Waals surface area contributed by atoms with Gasteiger partial charge in [-0.2, -0.15) is 5.48 Å². The molecular weight excluding hydrogens is 130 g/mol. The second-order valence-electron chi connectivity index (χ2n) is 1.20. The van der Waals surface area contributed by atoms with Gasteiger partial charge in [0.05, 0.1) is 7.11 Å². The Labute approximate surface area is 55.7 Å². The molecule has 1 unspecified atom stereocenters. The van der Waals surface area contributed by atoms with Crippen LogP contribution in [0, 0.1) is 0 Å². The van der Waals surface area contributed by atoms with Crippen molar-refractivity contribution in [2.75, 3.05) is 14.2 Å². The Kier molecular flexibility index (Phi) is 9.89. The maximum absolute atomic E-state index is 4.75. The molecule has 3 nitrogen and oxygen atoms in total. The van der Waals surface area contributed by atoms with E-state index in [0.29, 0.717) is 0 Å². The maximum atomic E-state index is 4.75. The molecule has 0 aromatic heterocycles. The molecule has 4 heteroatoms. The summed E-state index contributed by atoms with van der Waals surface area (Å²) in [5.74, 6) is 0. The van der Waals surface area contributed by atoms with Gasteiger partial charge in [0.2, 0.25) is 0 Å². The topological polar surface area (TPSA) is 30.5 Å². The normalized spacial score (nSPS) is 12.4. The van der Waals surface area contributed by atoms with Crippen molar-refractivity contribution in [2.45, 2.75) is 13.2 Å². The predicted molar refractivity (Wildman–Crippen MR) is 33.9 cm³/mol. The second-order valence-corrected chi connectivity index (χ2v) is 1.20. The zero-order chi connectivity index (χ0) is 5.70. The van der Waals surface area contributed by atoms with Crippen molar-refractivity contribution in [2.24, 2.45) is 0 Å². The van der Waals surface area contributed by atoms with Crippen LogP contribution in [0.1, 0.15) is 6.92 Å². The first-order chi connectivity index (χ1) is 3.31. The fourth-order valence-electron chi connectivity index (χ4n) is 0.214. The van der Waals surface area contributed by atoms with Crippen molar-refractivity contribution in [3.8, 4) is 0 Å². The van der Waals surface area contributed by atoms with E-state index < -0.39 is 0 Å². The highest BCUT2D eigenvalue weighted by Gasteiger charge is 1.90. The molecule has 1 atom stereocenters. The molecule has 0 fully saturated rings. The SMILES string of the molecule is CONC(C)OC.Cl. The molecule has 0 radical (unpaired) electrons. The van der Waals surface area contributed by atoms with Crippen molar-refractivity contribution in [3.05, 3.63) is 0 Å². The Hall–Kier alpha value is 0.170. The maximum Gasteiger partial charge on any atom is 0.127 e. The molecule has 0 aliphatic carbocycles. The minimum absolute atomic E-state index is 0. The van der Waals surface area contributed by atoms with E-state index in [1.54, 1.807) is 14.2 Å². The fraction of sp³-hybridized carbons (Fsp3) is 1.00. The third-order valence-corrected chi connectivity index (χ3v) is 0.637. The van der Waals surface area contributed by atoms with E-state index in [1.165, 1.54) is 0 Å². The van der Waals surface area contributed by atoms with Gasteiger partial charge in [0.1, 0.15) is 6.23 Å². The fourth-order valence-corrected chi connectivity index (χ4v) is 0.214. The van der Waals surface area contributed by atoms with E-state index in [-0.39, 0.29) is 18.6 Å². The van der Waals surface area contributed by atoms with E-state index in [2.05, 4.69) is 10.3 Å². The lowest BCUT2D eigenvalue weighted by atomic mass is 10.7. The summed E-state index contributed by atoms with van der Waals surface area (Å²) in [6.45, 7) is 1.85. The second kappa shape index (κ2) is 7.17. The largest absolute Gasteiger partial charge is 0.365 e. The Morgan fingerprint density at radius 2 is 1.88 bits per heavy atom. The van der Waals surface area contributed by atoms with Gasteiger partial charge in [-0.05, 0) is 6.92 Å². The molecule has 1 N–H and O–H groups in total. The molecule has 0 aliphatic heterocycles. The van der Waals surface area contributed by atoms with Crippen molar-refractivity contribution in [1.29, 1.82) is 0 Å². The summed E-state index contributed by atoms with van der Waals surface area (Å²) in [5, 5.41) is 0. The molecule has 0 spiro atoms. The number of hydrogen-bond donors (Lipinski definition) is 1. The molecule has 0 saturated carbocycles. The lowest BCUT2D eigenvalue weighted by Crippen LogP contribution is -2.25. The van der Waals surface area contributed by atoms with Gasteiger partial charge < -0.3 is 9.57 Å². The molecular formula is C4H12ClNO2. The molecule has 0 aliphatic rings. The Bertz CT molecular complexity index is 45.0. The van der Waals surface area contributed by atoms with Crippen molar-refractivity contribution >= 4 is 12.4 Å². The zero-order valence-electron chi connectivity index (χ0n) is 5.30. The third-order valence-electron chi connectivity index (χ3n) is 0.637. The average Bonchev–Trinajstić information content (AvgIpc) is 1.68. The molecule has 0 aromatic carbocycles. The van der Waals surface area contributed by atoms with Gasteiger partial charge in [0.15, 0.2) is 0 Å². The van der Waals surface area contributed by atoms with Crippen LogP contribution in [0.2, 0.25) is 0 Å². The molecule has 0 amide bonds. The van der Waals surface area contributed by atoms with Gasteiger partial charge in [-0.25, -0.2) is 0 Å². The molecule has 0 aromatic rings. The highest BCUT2D eigenvalue weighted by molar-refractivity contribution is 5.85. The molecule has 0 bridgehead atoms. The highest BCUT2D eigenvalue weighted by atomic mass is 35.5. The van der Waals surface area contributed by atoms with Crippen LogP contribution in [0.5, 0.6) is 0 Å². The van der Waals surface area contributed by atoms with Gasteiger partial charge in [-0.1, -0.05) is 0 Å². The quantitative estimate of drug-likeness (QED) is 0.460. The van der Waals surface area contributed by atoms with E-state index >= 15 is 0 Å². The molecule has 52 valence electrons. The van der Waals surface area contributed by atoms with Crippen LogP contribution < -0.4 is 5.48 Å². The third kappa shape index (κ3) is 6.17. The van der Waals surface area contributed by atoms with E-state index in [0.717, 1.165) is 0 Å². The summed E-state index contributed by atoms with van der Waals surface area (Å²) in [4.78, 5) is 4.52. The van der Waals surface area contributed by atoms with Crippen molar-refractivity contribution in [1.82, 2.24) is 5.48 Å². The summed E-state index contributed by atoms with van der Waals surface area (Å²) in [5.41, 5.74) is 2.57. The van der Waals surface area contributed by atoms with E-state index in [9.17, 15) is 0 Å². The van der Waals surface area contributed by atoms with Crippen molar-refractivity contribution < 1.29 is 9.57 Å². The van der Waals surface area contributed by atoms with E-state index in [1.807, 2.05) is 6.92 Å². The van der Waals surface area contributed by atoms with Gasteiger partial charge >= 0.3 is 0 Å². The van der Waals surface area contributed by atoms with Crippen LogP contribution in [-0.2, 0) is 9.57 Å². The van der Waals surface area contributed by atoms with Crippen LogP contribution in [0.25, 0.3) is 0 Å². The summed E-state index contributed by atoms with van der Waals surface area (Å²) < 4.78 is 4.75. The summed E-state index contributed by atoms with van der Waals surface area (Å²) >= 11 is 0. The number of halogens is 1. The molecule has 0 saturated heterocycles. The van der Waals surface area contributed by atoms with Gasteiger partial charge in [0, 0.05) is 7.11 Å². The van der Waals surface area contributed by atoms with E-state index in [4.69, 9.17) is 4.74 Å². The number of nitrogens with one attached hydrogen (secondary N) is 1. The molecule has 0 heterocycles. The summed E-state index contributed by atoms with van der Waals surface area (Å²) in [7, 11) is 3.16. The number of methoxy groups -OCH3 is 1. The summed E-state index contributed by atoms with van der Waals surface area (Å²) in [6, 6.07) is 0. The van der Waals surface area contributed by atoms with Gasteiger partial charge in [0.25, 0.3) is 0 Å². The number of ether oxygens (including phenoxy) is 1. The zero-order valence-corrected chi connectivity index (χ0v) is 6.12. The number of hydrogen-bond acceptors (Lipinski definition) is 3. The smallest absolute Gasteiger partial charge is 0.127 e. The first kappa shape index (κ1) is 11.0. The van der Waals surface area contributed by atoms with Crippen LogP contribution in [0.3, 0.4) is 0 Å². The van der Waals surface area contributed by atoms with Crippen LogP contribution in [-0.4, -0.2) is 20.4 Å². The monoisotopic (exact) mass is 141 g/mol. The first-order valence-corrected chi connectivity index (χ1v) is 2.12. The minimum atomic E-state index is -0.0231. The summed E-state index contributed by atoms with van der Waals surface area (Å²) in [6.07, 6.45) is -0.0231. The molecule has 0 rings (SSSR count). The predicted octanol–water partition coefficient (Wildman–Crippen LogP) is 0.552. The van der Waals surface area contributed by atoms with Crippen molar-refractivity contribution in [3.63, 3.8) is 0 Å². The van der Waals surface area contributed by atoms with Gasteiger partial charge in [-0.15, -0.1) is 12.4 Å². The lowest BCUT2D eigenvalue weighted by molar-refractivity contribution is -0.0432. The average molecular weight is 142 g/mol. The van der Waals surface area contributed by atoms with Crippen LogP contribution in [0.4, 0.5) is 0 Å². The Balaban J connectivity index is 0. The molecule has 8 heavy (non-hydrogen) atoms. The minimum Gasteiger partial charge on any atom is -0.365 e. The van der Waals surface area contributed by atoms with Gasteiger partial charge in [-0.3, -0.25) is 0 Å².